The zero-order chi connectivity index (χ0) is 22.4. The number of carbonyl (C=O) groups excluding carboxylic acids is 1. The van der Waals surface area contributed by atoms with Crippen LogP contribution in [-0.4, -0.2) is 28.0 Å². The number of methoxy groups -OCH3 is 1. The number of halogens is 2. The molecule has 31 heavy (non-hydrogen) atoms. The molecule has 0 atom stereocenters. The average molecular weight is 463 g/mol. The standard InChI is InChI=1S/C22H20ClFN2O4S/c1-30-18-8-2-15(3-9-18)12-13-25-31(28,29)19-10-11-21(20(24)14-19)26-22(27)16-4-6-17(23)7-5-16/h2-11,14,25H,12-13H2,1H3,(H,26,27). The molecule has 0 bridgehead atoms. The van der Waals surface area contributed by atoms with E-state index in [1.807, 2.05) is 12.1 Å². The maximum Gasteiger partial charge on any atom is 0.255 e. The van der Waals surface area contributed by atoms with Crippen molar-refractivity contribution in [2.75, 3.05) is 19.0 Å². The SMILES string of the molecule is COc1ccc(CCNS(=O)(=O)c2ccc(NC(=O)c3ccc(Cl)cc3)c(F)c2)cc1. The minimum Gasteiger partial charge on any atom is -0.497 e. The first-order valence-electron chi connectivity index (χ1n) is 9.27. The van der Waals surface area contributed by atoms with E-state index in [2.05, 4.69) is 10.0 Å². The van der Waals surface area contributed by atoms with E-state index in [9.17, 15) is 17.6 Å². The Morgan fingerprint density at radius 3 is 2.32 bits per heavy atom. The van der Waals surface area contributed by atoms with Crippen molar-refractivity contribution in [1.29, 1.82) is 0 Å². The minimum atomic E-state index is -3.91. The summed E-state index contributed by atoms with van der Waals surface area (Å²) in [4.78, 5) is 12.0. The Bertz CT molecular complexity index is 1170. The largest absolute Gasteiger partial charge is 0.497 e. The van der Waals surface area contributed by atoms with Crippen molar-refractivity contribution >= 4 is 33.2 Å². The zero-order valence-corrected chi connectivity index (χ0v) is 18.1. The molecule has 3 rings (SSSR count). The zero-order valence-electron chi connectivity index (χ0n) is 16.6. The molecule has 0 aliphatic carbocycles. The highest BCUT2D eigenvalue weighted by Crippen LogP contribution is 2.20. The van der Waals surface area contributed by atoms with Crippen molar-refractivity contribution in [1.82, 2.24) is 4.72 Å². The van der Waals surface area contributed by atoms with Gasteiger partial charge in [0.05, 0.1) is 17.7 Å². The molecule has 162 valence electrons. The van der Waals surface area contributed by atoms with Crippen LogP contribution in [0.15, 0.2) is 71.6 Å². The molecule has 0 saturated carbocycles. The molecule has 0 unspecified atom stereocenters. The van der Waals surface area contributed by atoms with Crippen LogP contribution in [0.5, 0.6) is 5.75 Å². The number of rotatable bonds is 8. The Morgan fingerprint density at radius 2 is 1.71 bits per heavy atom. The van der Waals surface area contributed by atoms with Crippen LogP contribution in [0.3, 0.4) is 0 Å². The van der Waals surface area contributed by atoms with E-state index in [-0.39, 0.29) is 17.1 Å². The molecule has 9 heteroatoms. The lowest BCUT2D eigenvalue weighted by atomic mass is 10.1. The van der Waals surface area contributed by atoms with Crippen LogP contribution in [0.2, 0.25) is 5.02 Å². The number of ether oxygens (including phenoxy) is 1. The molecule has 6 nitrogen and oxygen atoms in total. The smallest absolute Gasteiger partial charge is 0.255 e. The number of hydrogen-bond donors (Lipinski definition) is 2. The number of hydrogen-bond acceptors (Lipinski definition) is 4. The van der Waals surface area contributed by atoms with E-state index in [0.717, 1.165) is 11.6 Å². The number of amides is 1. The monoisotopic (exact) mass is 462 g/mol. The van der Waals surface area contributed by atoms with Crippen LogP contribution in [0, 0.1) is 5.82 Å². The molecular formula is C22H20ClFN2O4S. The van der Waals surface area contributed by atoms with Crippen molar-refractivity contribution in [3.8, 4) is 5.75 Å². The summed E-state index contributed by atoms with van der Waals surface area (Å²) in [6.45, 7) is 0.144. The van der Waals surface area contributed by atoms with Gasteiger partial charge in [-0.2, -0.15) is 0 Å². The topological polar surface area (TPSA) is 84.5 Å². The maximum absolute atomic E-state index is 14.4. The number of sulfonamides is 1. The fraction of sp³-hybridized carbons (Fsp3) is 0.136. The third-order valence-electron chi connectivity index (χ3n) is 4.47. The second-order valence-electron chi connectivity index (χ2n) is 6.60. The van der Waals surface area contributed by atoms with Gasteiger partial charge < -0.3 is 10.1 Å². The molecular weight excluding hydrogens is 443 g/mol. The van der Waals surface area contributed by atoms with E-state index in [4.69, 9.17) is 16.3 Å². The van der Waals surface area contributed by atoms with Crippen LogP contribution in [0.25, 0.3) is 0 Å². The summed E-state index contributed by atoms with van der Waals surface area (Å²) < 4.78 is 46.9. The van der Waals surface area contributed by atoms with Crippen molar-refractivity contribution in [3.63, 3.8) is 0 Å². The Hall–Kier alpha value is -2.94. The van der Waals surface area contributed by atoms with Gasteiger partial charge in [-0.25, -0.2) is 17.5 Å². The van der Waals surface area contributed by atoms with Crippen LogP contribution in [0.4, 0.5) is 10.1 Å². The van der Waals surface area contributed by atoms with E-state index >= 15 is 0 Å². The van der Waals surface area contributed by atoms with Gasteiger partial charge in [-0.3, -0.25) is 4.79 Å². The minimum absolute atomic E-state index is 0.128. The van der Waals surface area contributed by atoms with Gasteiger partial charge in [0.25, 0.3) is 5.91 Å². The second kappa shape index (κ2) is 9.91. The molecule has 0 radical (unpaired) electrons. The van der Waals surface area contributed by atoms with Crippen molar-refractivity contribution in [2.24, 2.45) is 0 Å². The highest BCUT2D eigenvalue weighted by Gasteiger charge is 2.17. The van der Waals surface area contributed by atoms with E-state index < -0.39 is 21.7 Å². The first-order chi connectivity index (χ1) is 14.8. The molecule has 0 fully saturated rings. The second-order valence-corrected chi connectivity index (χ2v) is 8.80. The Morgan fingerprint density at radius 1 is 1.03 bits per heavy atom. The molecule has 3 aromatic rings. The summed E-state index contributed by atoms with van der Waals surface area (Å²) in [6.07, 6.45) is 0.459. The van der Waals surface area contributed by atoms with Crippen molar-refractivity contribution in [3.05, 3.63) is 88.7 Å². The third-order valence-corrected chi connectivity index (χ3v) is 6.18. The lowest BCUT2D eigenvalue weighted by Gasteiger charge is -2.10. The summed E-state index contributed by atoms with van der Waals surface area (Å²) in [6, 6.07) is 16.6. The summed E-state index contributed by atoms with van der Waals surface area (Å²) in [5.74, 6) is -0.688. The summed E-state index contributed by atoms with van der Waals surface area (Å²) >= 11 is 5.79. The normalized spacial score (nSPS) is 11.2. The Kier molecular flexibility index (Phi) is 7.27. The van der Waals surface area contributed by atoms with E-state index in [1.165, 1.54) is 24.3 Å². The Balaban J connectivity index is 1.63. The number of carbonyl (C=O) groups is 1. The van der Waals surface area contributed by atoms with Gasteiger partial charge in [-0.1, -0.05) is 23.7 Å². The molecule has 0 saturated heterocycles. The lowest BCUT2D eigenvalue weighted by molar-refractivity contribution is 0.102. The quantitative estimate of drug-likeness (QED) is 0.524. The van der Waals surface area contributed by atoms with Crippen LogP contribution in [0.1, 0.15) is 15.9 Å². The van der Waals surface area contributed by atoms with Gasteiger partial charge in [0.15, 0.2) is 0 Å². The van der Waals surface area contributed by atoms with Crippen molar-refractivity contribution in [2.45, 2.75) is 11.3 Å². The van der Waals surface area contributed by atoms with Gasteiger partial charge >= 0.3 is 0 Å². The molecule has 2 N–H and O–H groups in total. The first-order valence-corrected chi connectivity index (χ1v) is 11.1. The maximum atomic E-state index is 14.4. The number of nitrogens with one attached hydrogen (secondary N) is 2. The van der Waals surface area contributed by atoms with E-state index in [0.29, 0.717) is 22.8 Å². The van der Waals surface area contributed by atoms with Crippen molar-refractivity contribution < 1.29 is 22.3 Å². The average Bonchev–Trinajstić information content (AvgIpc) is 2.76. The summed E-state index contributed by atoms with van der Waals surface area (Å²) in [7, 11) is -2.34. The van der Waals surface area contributed by atoms with Gasteiger partial charge in [0.1, 0.15) is 11.6 Å². The third kappa shape index (κ3) is 6.04. The molecule has 0 aromatic heterocycles. The van der Waals surface area contributed by atoms with Gasteiger partial charge in [0.2, 0.25) is 10.0 Å². The fourth-order valence-corrected chi connectivity index (χ4v) is 3.93. The first kappa shape index (κ1) is 22.7. The molecule has 0 heterocycles. The molecule has 0 aliphatic heterocycles. The predicted octanol–water partition coefficient (Wildman–Crippen LogP) is 4.26. The molecule has 0 aliphatic rings. The lowest BCUT2D eigenvalue weighted by Crippen LogP contribution is -2.26. The van der Waals surface area contributed by atoms with Crippen LogP contribution < -0.4 is 14.8 Å². The Labute approximate surface area is 185 Å². The summed E-state index contributed by atoms with van der Waals surface area (Å²) in [5.41, 5.74) is 1.09. The van der Waals surface area contributed by atoms with Crippen LogP contribution >= 0.6 is 11.6 Å². The molecule has 1 amide bonds. The van der Waals surface area contributed by atoms with Gasteiger partial charge in [-0.15, -0.1) is 0 Å². The fourth-order valence-electron chi connectivity index (χ4n) is 2.77. The highest BCUT2D eigenvalue weighted by atomic mass is 35.5. The summed E-state index contributed by atoms with van der Waals surface area (Å²) in [5, 5.41) is 2.89. The molecule has 0 spiro atoms. The van der Waals surface area contributed by atoms with Crippen LogP contribution in [-0.2, 0) is 16.4 Å². The number of anilines is 1. The highest BCUT2D eigenvalue weighted by molar-refractivity contribution is 7.89. The predicted molar refractivity (Wildman–Crippen MR) is 118 cm³/mol. The number of benzene rings is 3. The van der Waals surface area contributed by atoms with Gasteiger partial charge in [0, 0.05) is 17.1 Å². The molecule has 3 aromatic carbocycles. The van der Waals surface area contributed by atoms with E-state index in [1.54, 1.807) is 31.4 Å². The van der Waals surface area contributed by atoms with Gasteiger partial charge in [-0.05, 0) is 66.6 Å².